The highest BCUT2D eigenvalue weighted by Crippen LogP contribution is 2.33. The third-order valence-corrected chi connectivity index (χ3v) is 4.67. The molecule has 1 aromatic carbocycles. The van der Waals surface area contributed by atoms with E-state index in [1.807, 2.05) is 38.3 Å². The second-order valence-corrected chi connectivity index (χ2v) is 6.14. The summed E-state index contributed by atoms with van der Waals surface area (Å²) in [7, 11) is 0. The summed E-state index contributed by atoms with van der Waals surface area (Å²) in [6.07, 6.45) is 0.848. The van der Waals surface area contributed by atoms with E-state index >= 15 is 0 Å². The summed E-state index contributed by atoms with van der Waals surface area (Å²) >= 11 is 1.52. The Labute approximate surface area is 129 Å². The van der Waals surface area contributed by atoms with Crippen LogP contribution in [0.5, 0.6) is 11.5 Å². The van der Waals surface area contributed by atoms with Crippen LogP contribution in [0.1, 0.15) is 13.8 Å². The van der Waals surface area contributed by atoms with Crippen molar-refractivity contribution in [3.05, 3.63) is 24.3 Å². The summed E-state index contributed by atoms with van der Waals surface area (Å²) in [6.45, 7) is 3.70. The van der Waals surface area contributed by atoms with E-state index in [9.17, 15) is 9.90 Å². The van der Waals surface area contributed by atoms with Crippen molar-refractivity contribution in [3.63, 3.8) is 0 Å². The van der Waals surface area contributed by atoms with E-state index in [1.165, 1.54) is 11.8 Å². The van der Waals surface area contributed by atoms with Crippen molar-refractivity contribution in [3.8, 4) is 11.5 Å². The van der Waals surface area contributed by atoms with Crippen LogP contribution in [0.25, 0.3) is 0 Å². The van der Waals surface area contributed by atoms with Gasteiger partial charge in [0.2, 0.25) is 6.10 Å². The molecule has 4 unspecified atom stereocenters. The van der Waals surface area contributed by atoms with Gasteiger partial charge in [0, 0.05) is 11.3 Å². The Morgan fingerprint density at radius 1 is 1.38 bits per heavy atom. The quantitative estimate of drug-likeness (QED) is 0.861. The normalized spacial score (nSPS) is 23.2. The Kier molecular flexibility index (Phi) is 5.36. The number of hydrogen-bond donors (Lipinski definition) is 2. The van der Waals surface area contributed by atoms with Gasteiger partial charge in [-0.15, -0.1) is 0 Å². The van der Waals surface area contributed by atoms with Gasteiger partial charge in [0.1, 0.15) is 6.10 Å². The lowest BCUT2D eigenvalue weighted by molar-refractivity contribution is -0.134. The molecule has 0 radical (unpaired) electrons. The molecule has 0 saturated carbocycles. The zero-order valence-electron chi connectivity index (χ0n) is 12.4. The average molecular weight is 311 g/mol. The third kappa shape index (κ3) is 3.63. The molecule has 0 saturated heterocycles. The number of para-hydroxylation sites is 2. The molecule has 0 bridgehead atoms. The summed E-state index contributed by atoms with van der Waals surface area (Å²) in [6, 6.07) is 7.15. The SMILES string of the molecule is CSC(CO)C(C)NC(=O)C1Oc2ccccc2OC1C. The zero-order valence-corrected chi connectivity index (χ0v) is 13.2. The molecule has 2 rings (SSSR count). The third-order valence-electron chi connectivity index (χ3n) is 3.51. The van der Waals surface area contributed by atoms with Crippen molar-refractivity contribution in [2.45, 2.75) is 37.3 Å². The van der Waals surface area contributed by atoms with Crippen LogP contribution in [0.15, 0.2) is 24.3 Å². The maximum absolute atomic E-state index is 12.4. The van der Waals surface area contributed by atoms with Crippen LogP contribution >= 0.6 is 11.8 Å². The summed E-state index contributed by atoms with van der Waals surface area (Å²) < 4.78 is 11.5. The van der Waals surface area contributed by atoms with Crippen molar-refractivity contribution >= 4 is 17.7 Å². The maximum Gasteiger partial charge on any atom is 0.265 e. The van der Waals surface area contributed by atoms with Crippen LogP contribution in [-0.4, -0.2) is 47.4 Å². The lowest BCUT2D eigenvalue weighted by Crippen LogP contribution is -2.53. The number of aliphatic hydroxyl groups excluding tert-OH is 1. The molecule has 2 N–H and O–H groups in total. The summed E-state index contributed by atoms with van der Waals surface area (Å²) in [5.41, 5.74) is 0. The van der Waals surface area contributed by atoms with E-state index in [-0.39, 0.29) is 29.9 Å². The monoisotopic (exact) mass is 311 g/mol. The van der Waals surface area contributed by atoms with Crippen LogP contribution < -0.4 is 14.8 Å². The van der Waals surface area contributed by atoms with Crippen LogP contribution in [0.2, 0.25) is 0 Å². The number of nitrogens with one attached hydrogen (secondary N) is 1. The Bertz CT molecular complexity index is 492. The number of benzene rings is 1. The van der Waals surface area contributed by atoms with Gasteiger partial charge >= 0.3 is 0 Å². The molecule has 0 spiro atoms. The molecule has 0 aliphatic carbocycles. The first-order chi connectivity index (χ1) is 10.1. The number of carbonyl (C=O) groups excluding carboxylic acids is 1. The fourth-order valence-corrected chi connectivity index (χ4v) is 2.87. The minimum Gasteiger partial charge on any atom is -0.482 e. The van der Waals surface area contributed by atoms with E-state index in [0.29, 0.717) is 11.5 Å². The van der Waals surface area contributed by atoms with Crippen LogP contribution in [-0.2, 0) is 4.79 Å². The van der Waals surface area contributed by atoms with Crippen molar-refractivity contribution in [2.24, 2.45) is 0 Å². The number of aliphatic hydroxyl groups is 1. The molecule has 0 fully saturated rings. The van der Waals surface area contributed by atoms with Crippen molar-refractivity contribution in [2.75, 3.05) is 12.9 Å². The van der Waals surface area contributed by atoms with E-state index in [0.717, 1.165) is 0 Å². The van der Waals surface area contributed by atoms with Gasteiger partial charge in [-0.2, -0.15) is 11.8 Å². The van der Waals surface area contributed by atoms with Gasteiger partial charge in [-0.3, -0.25) is 4.79 Å². The highest BCUT2D eigenvalue weighted by atomic mass is 32.2. The topological polar surface area (TPSA) is 67.8 Å². The lowest BCUT2D eigenvalue weighted by atomic mass is 10.1. The smallest absolute Gasteiger partial charge is 0.265 e. The minimum atomic E-state index is -0.691. The Hall–Kier alpha value is -1.40. The van der Waals surface area contributed by atoms with Gasteiger partial charge in [0.05, 0.1) is 6.61 Å². The number of thioether (sulfide) groups is 1. The molecule has 5 nitrogen and oxygen atoms in total. The Morgan fingerprint density at radius 2 is 2.00 bits per heavy atom. The number of fused-ring (bicyclic) bond motifs is 1. The molecule has 1 heterocycles. The summed E-state index contributed by atoms with van der Waals surface area (Å²) in [5.74, 6) is 1.00. The maximum atomic E-state index is 12.4. The Morgan fingerprint density at radius 3 is 2.57 bits per heavy atom. The molecule has 6 heteroatoms. The fourth-order valence-electron chi connectivity index (χ4n) is 2.24. The van der Waals surface area contributed by atoms with E-state index in [2.05, 4.69) is 5.32 Å². The van der Waals surface area contributed by atoms with Crippen molar-refractivity contribution in [1.29, 1.82) is 0 Å². The van der Waals surface area contributed by atoms with E-state index < -0.39 is 6.10 Å². The highest BCUT2D eigenvalue weighted by Gasteiger charge is 2.35. The predicted octanol–water partition coefficient (Wildman–Crippen LogP) is 1.44. The zero-order chi connectivity index (χ0) is 15.4. The fraction of sp³-hybridized carbons (Fsp3) is 0.533. The number of ether oxygens (including phenoxy) is 2. The number of amides is 1. The average Bonchev–Trinajstić information content (AvgIpc) is 2.47. The minimum absolute atomic E-state index is 0.0169. The van der Waals surface area contributed by atoms with Gasteiger partial charge in [-0.05, 0) is 32.2 Å². The second kappa shape index (κ2) is 7.04. The largest absolute Gasteiger partial charge is 0.482 e. The molecule has 1 aromatic rings. The predicted molar refractivity (Wildman–Crippen MR) is 82.9 cm³/mol. The first kappa shape index (κ1) is 16.0. The molecule has 1 aliphatic rings. The molecular formula is C15H21NO4S. The van der Waals surface area contributed by atoms with Crippen molar-refractivity contribution < 1.29 is 19.4 Å². The van der Waals surface area contributed by atoms with Crippen LogP contribution in [0.3, 0.4) is 0 Å². The standard InChI is InChI=1S/C15H21NO4S/c1-9(13(8-17)21-3)16-15(18)14-10(2)19-11-6-4-5-7-12(11)20-14/h4-7,9-10,13-14,17H,8H2,1-3H3,(H,16,18). The first-order valence-corrected chi connectivity index (χ1v) is 8.22. The van der Waals surface area contributed by atoms with Gasteiger partial charge in [-0.1, -0.05) is 12.1 Å². The van der Waals surface area contributed by atoms with Crippen LogP contribution in [0, 0.1) is 0 Å². The van der Waals surface area contributed by atoms with Gasteiger partial charge < -0.3 is 19.9 Å². The number of hydrogen-bond acceptors (Lipinski definition) is 5. The molecule has 4 atom stereocenters. The summed E-state index contributed by atoms with van der Waals surface area (Å²) in [4.78, 5) is 12.4. The lowest BCUT2D eigenvalue weighted by Gasteiger charge is -2.32. The molecule has 21 heavy (non-hydrogen) atoms. The molecule has 1 amide bonds. The Balaban J connectivity index is 2.03. The van der Waals surface area contributed by atoms with Gasteiger partial charge in [-0.25, -0.2) is 0 Å². The van der Waals surface area contributed by atoms with E-state index in [4.69, 9.17) is 9.47 Å². The van der Waals surface area contributed by atoms with Gasteiger partial charge in [0.15, 0.2) is 11.5 Å². The van der Waals surface area contributed by atoms with Crippen LogP contribution in [0.4, 0.5) is 0 Å². The molecule has 1 aliphatic heterocycles. The van der Waals surface area contributed by atoms with Crippen molar-refractivity contribution in [1.82, 2.24) is 5.32 Å². The molecule has 0 aromatic heterocycles. The number of carbonyl (C=O) groups is 1. The second-order valence-electron chi connectivity index (χ2n) is 5.06. The molecular weight excluding hydrogens is 290 g/mol. The van der Waals surface area contributed by atoms with Gasteiger partial charge in [0.25, 0.3) is 5.91 Å². The molecule has 116 valence electrons. The van der Waals surface area contributed by atoms with E-state index in [1.54, 1.807) is 6.07 Å². The summed E-state index contributed by atoms with van der Waals surface area (Å²) in [5, 5.41) is 12.1. The number of rotatable bonds is 5. The highest BCUT2D eigenvalue weighted by molar-refractivity contribution is 7.99. The first-order valence-electron chi connectivity index (χ1n) is 6.93.